The molecule has 2 N–H and O–H groups in total. The first-order chi connectivity index (χ1) is 8.27. The van der Waals surface area contributed by atoms with E-state index in [1.165, 1.54) is 7.11 Å². The van der Waals surface area contributed by atoms with Crippen LogP contribution in [0.5, 0.6) is 0 Å². The van der Waals surface area contributed by atoms with Crippen molar-refractivity contribution in [2.45, 2.75) is 19.3 Å². The van der Waals surface area contributed by atoms with Crippen molar-refractivity contribution < 1.29 is 14.6 Å². The monoisotopic (exact) mass is 238 g/mol. The molecule has 17 heavy (non-hydrogen) atoms. The Kier molecular flexibility index (Phi) is 6.03. The minimum absolute atomic E-state index is 0.232. The maximum atomic E-state index is 11.3. The van der Waals surface area contributed by atoms with Crippen molar-refractivity contribution in [1.82, 2.24) is 4.98 Å². The molecule has 94 valence electrons. The molecule has 0 saturated heterocycles. The number of unbranched alkanes of at least 4 members (excludes halogenated alkanes) is 2. The summed E-state index contributed by atoms with van der Waals surface area (Å²) in [5.41, 5.74) is 0.486. The molecular formula is C12H18N2O3. The lowest BCUT2D eigenvalue weighted by molar-refractivity contribution is 0.0600. The maximum Gasteiger partial charge on any atom is 0.338 e. The largest absolute Gasteiger partial charge is 0.465 e. The smallest absolute Gasteiger partial charge is 0.338 e. The van der Waals surface area contributed by atoms with Gasteiger partial charge in [0.15, 0.2) is 0 Å². The van der Waals surface area contributed by atoms with E-state index in [9.17, 15) is 4.79 Å². The number of aromatic nitrogens is 1. The molecule has 0 atom stereocenters. The van der Waals surface area contributed by atoms with Gasteiger partial charge in [0.2, 0.25) is 0 Å². The van der Waals surface area contributed by atoms with Gasteiger partial charge in [-0.1, -0.05) is 0 Å². The van der Waals surface area contributed by atoms with E-state index in [0.717, 1.165) is 25.8 Å². The Labute approximate surface area is 101 Å². The molecule has 0 bridgehead atoms. The third-order valence-electron chi connectivity index (χ3n) is 2.32. The molecule has 0 aliphatic carbocycles. The Balaban J connectivity index is 2.40. The fourth-order valence-electron chi connectivity index (χ4n) is 1.40. The Bertz CT molecular complexity index is 355. The molecule has 5 nitrogen and oxygen atoms in total. The number of nitrogens with one attached hydrogen (secondary N) is 1. The number of anilines is 1. The third kappa shape index (κ3) is 4.82. The Morgan fingerprint density at radius 3 is 3.00 bits per heavy atom. The van der Waals surface area contributed by atoms with Gasteiger partial charge in [-0.3, -0.25) is 0 Å². The summed E-state index contributed by atoms with van der Waals surface area (Å²) in [6.07, 6.45) is 4.32. The van der Waals surface area contributed by atoms with Crippen LogP contribution in [-0.2, 0) is 4.74 Å². The zero-order valence-electron chi connectivity index (χ0n) is 9.98. The van der Waals surface area contributed by atoms with Crippen molar-refractivity contribution in [1.29, 1.82) is 0 Å². The molecule has 1 aromatic heterocycles. The predicted octanol–water partition coefficient (Wildman–Crippen LogP) is 1.44. The highest BCUT2D eigenvalue weighted by atomic mass is 16.5. The number of pyridine rings is 1. The quantitative estimate of drug-likeness (QED) is 0.555. The van der Waals surface area contributed by atoms with Gasteiger partial charge >= 0.3 is 5.97 Å². The molecule has 0 aromatic carbocycles. The highest BCUT2D eigenvalue weighted by molar-refractivity contribution is 5.89. The van der Waals surface area contributed by atoms with Crippen molar-refractivity contribution in [2.75, 3.05) is 25.6 Å². The molecule has 0 aliphatic heterocycles. The van der Waals surface area contributed by atoms with Gasteiger partial charge in [-0.25, -0.2) is 9.78 Å². The van der Waals surface area contributed by atoms with Crippen LogP contribution in [0.1, 0.15) is 29.6 Å². The number of nitrogens with zero attached hydrogens (tertiary/aromatic N) is 1. The minimum Gasteiger partial charge on any atom is -0.465 e. The van der Waals surface area contributed by atoms with Gasteiger partial charge in [0.25, 0.3) is 0 Å². The SMILES string of the molecule is COC(=O)c1ccnc(NCCCCCO)c1. The van der Waals surface area contributed by atoms with Crippen LogP contribution in [0.25, 0.3) is 0 Å². The lowest BCUT2D eigenvalue weighted by atomic mass is 10.2. The normalized spacial score (nSPS) is 10.0. The summed E-state index contributed by atoms with van der Waals surface area (Å²) in [6, 6.07) is 3.28. The number of methoxy groups -OCH3 is 1. The predicted molar refractivity (Wildman–Crippen MR) is 65.0 cm³/mol. The first-order valence-corrected chi connectivity index (χ1v) is 5.67. The number of aliphatic hydroxyl groups is 1. The van der Waals surface area contributed by atoms with Crippen LogP contribution >= 0.6 is 0 Å². The zero-order chi connectivity index (χ0) is 12.5. The molecule has 0 saturated carbocycles. The number of hydrogen-bond acceptors (Lipinski definition) is 5. The topological polar surface area (TPSA) is 71.5 Å². The van der Waals surface area contributed by atoms with Crippen molar-refractivity contribution in [3.05, 3.63) is 23.9 Å². The minimum atomic E-state index is -0.365. The molecular weight excluding hydrogens is 220 g/mol. The van der Waals surface area contributed by atoms with Gasteiger partial charge in [0.05, 0.1) is 12.7 Å². The van der Waals surface area contributed by atoms with E-state index in [0.29, 0.717) is 11.4 Å². The summed E-state index contributed by atoms with van der Waals surface area (Å²) in [7, 11) is 1.35. The molecule has 0 fully saturated rings. The average molecular weight is 238 g/mol. The van der Waals surface area contributed by atoms with E-state index >= 15 is 0 Å². The Morgan fingerprint density at radius 2 is 2.29 bits per heavy atom. The highest BCUT2D eigenvalue weighted by Gasteiger charge is 2.05. The van der Waals surface area contributed by atoms with Crippen molar-refractivity contribution in [3.8, 4) is 0 Å². The van der Waals surface area contributed by atoms with Crippen molar-refractivity contribution >= 4 is 11.8 Å². The van der Waals surface area contributed by atoms with Gasteiger partial charge in [-0.15, -0.1) is 0 Å². The first-order valence-electron chi connectivity index (χ1n) is 5.67. The zero-order valence-corrected chi connectivity index (χ0v) is 9.98. The van der Waals surface area contributed by atoms with Crippen LogP contribution in [0.4, 0.5) is 5.82 Å². The molecule has 0 aliphatic rings. The lowest BCUT2D eigenvalue weighted by Crippen LogP contribution is -2.06. The van der Waals surface area contributed by atoms with Gasteiger partial charge < -0.3 is 15.2 Å². The Hall–Kier alpha value is -1.62. The van der Waals surface area contributed by atoms with Crippen LogP contribution in [-0.4, -0.2) is 36.3 Å². The number of carbonyl (C=O) groups is 1. The number of hydrogen-bond donors (Lipinski definition) is 2. The summed E-state index contributed by atoms with van der Waals surface area (Å²) in [5, 5.41) is 11.7. The Morgan fingerprint density at radius 1 is 1.47 bits per heavy atom. The third-order valence-corrected chi connectivity index (χ3v) is 2.32. The molecule has 0 amide bonds. The summed E-state index contributed by atoms with van der Waals surface area (Å²) >= 11 is 0. The average Bonchev–Trinajstić information content (AvgIpc) is 2.38. The van der Waals surface area contributed by atoms with Crippen LogP contribution in [0, 0.1) is 0 Å². The first kappa shape index (κ1) is 13.4. The molecule has 0 spiro atoms. The molecule has 0 radical (unpaired) electrons. The van der Waals surface area contributed by atoms with Gasteiger partial charge in [0.1, 0.15) is 5.82 Å². The molecule has 1 aromatic rings. The molecule has 5 heteroatoms. The second-order valence-electron chi connectivity index (χ2n) is 3.63. The van der Waals surface area contributed by atoms with E-state index in [2.05, 4.69) is 15.0 Å². The van der Waals surface area contributed by atoms with E-state index in [-0.39, 0.29) is 12.6 Å². The molecule has 0 unspecified atom stereocenters. The van der Waals surface area contributed by atoms with E-state index < -0.39 is 0 Å². The maximum absolute atomic E-state index is 11.3. The summed E-state index contributed by atoms with van der Waals surface area (Å²) in [5.74, 6) is 0.299. The molecule has 1 rings (SSSR count). The number of rotatable bonds is 7. The molecule has 1 heterocycles. The summed E-state index contributed by atoms with van der Waals surface area (Å²) < 4.78 is 4.63. The second-order valence-corrected chi connectivity index (χ2v) is 3.63. The van der Waals surface area contributed by atoms with Crippen LogP contribution < -0.4 is 5.32 Å². The van der Waals surface area contributed by atoms with E-state index in [1.807, 2.05) is 0 Å². The van der Waals surface area contributed by atoms with Crippen molar-refractivity contribution in [3.63, 3.8) is 0 Å². The van der Waals surface area contributed by atoms with Gasteiger partial charge in [-0.05, 0) is 31.4 Å². The second kappa shape index (κ2) is 7.62. The van der Waals surface area contributed by atoms with Crippen molar-refractivity contribution in [2.24, 2.45) is 0 Å². The van der Waals surface area contributed by atoms with Crippen LogP contribution in [0.15, 0.2) is 18.3 Å². The highest BCUT2D eigenvalue weighted by Crippen LogP contribution is 2.08. The number of esters is 1. The van der Waals surface area contributed by atoms with E-state index in [1.54, 1.807) is 18.3 Å². The lowest BCUT2D eigenvalue weighted by Gasteiger charge is -2.06. The van der Waals surface area contributed by atoms with E-state index in [4.69, 9.17) is 5.11 Å². The standard InChI is InChI=1S/C12H18N2O3/c1-17-12(16)10-5-7-14-11(9-10)13-6-3-2-4-8-15/h5,7,9,15H,2-4,6,8H2,1H3,(H,13,14). The van der Waals surface area contributed by atoms with Crippen LogP contribution in [0.3, 0.4) is 0 Å². The summed E-state index contributed by atoms with van der Waals surface area (Å²) in [4.78, 5) is 15.4. The number of aliphatic hydroxyl groups excluding tert-OH is 1. The number of carbonyl (C=O) groups excluding carboxylic acids is 1. The van der Waals surface area contributed by atoms with Gasteiger partial charge in [-0.2, -0.15) is 0 Å². The fourth-order valence-corrected chi connectivity index (χ4v) is 1.40. The number of ether oxygens (including phenoxy) is 1. The fraction of sp³-hybridized carbons (Fsp3) is 0.500. The summed E-state index contributed by atoms with van der Waals surface area (Å²) in [6.45, 7) is 1.01. The van der Waals surface area contributed by atoms with Gasteiger partial charge in [0, 0.05) is 19.3 Å². The van der Waals surface area contributed by atoms with Crippen LogP contribution in [0.2, 0.25) is 0 Å².